The lowest BCUT2D eigenvalue weighted by molar-refractivity contribution is -0.118. The molecule has 1 aromatic heterocycles. The van der Waals surface area contributed by atoms with E-state index in [0.29, 0.717) is 35.7 Å². The SMILES string of the molecule is COc1ccccc1OCC(=O)Nc1ccc2c(c1)nc(CCNC(=O)c1ccccc1F)n2C. The number of imidazole rings is 1. The van der Waals surface area contributed by atoms with Crippen LogP contribution >= 0.6 is 0 Å². The zero-order chi connectivity index (χ0) is 24.8. The number of carbonyl (C=O) groups is 2. The predicted molar refractivity (Wildman–Crippen MR) is 130 cm³/mol. The van der Waals surface area contributed by atoms with Gasteiger partial charge < -0.3 is 24.7 Å². The maximum atomic E-state index is 13.8. The van der Waals surface area contributed by atoms with E-state index < -0.39 is 11.7 Å². The molecule has 0 aliphatic heterocycles. The molecule has 4 rings (SSSR count). The lowest BCUT2D eigenvalue weighted by atomic mass is 10.2. The molecule has 0 aliphatic carbocycles. The van der Waals surface area contributed by atoms with E-state index in [1.807, 2.05) is 23.7 Å². The molecule has 4 aromatic rings. The van der Waals surface area contributed by atoms with Crippen molar-refractivity contribution < 1.29 is 23.5 Å². The monoisotopic (exact) mass is 476 g/mol. The lowest BCUT2D eigenvalue weighted by Gasteiger charge is -2.10. The normalized spacial score (nSPS) is 10.7. The number of amides is 2. The molecular formula is C26H25FN4O4. The Bertz CT molecular complexity index is 1370. The first-order valence-corrected chi connectivity index (χ1v) is 11.0. The molecule has 9 heteroatoms. The van der Waals surface area contributed by atoms with Crippen LogP contribution in [0.15, 0.2) is 66.7 Å². The van der Waals surface area contributed by atoms with Gasteiger partial charge in [0.05, 0.1) is 23.7 Å². The van der Waals surface area contributed by atoms with Gasteiger partial charge in [-0.05, 0) is 42.5 Å². The molecular weight excluding hydrogens is 451 g/mol. The lowest BCUT2D eigenvalue weighted by Crippen LogP contribution is -2.27. The van der Waals surface area contributed by atoms with Crippen molar-refractivity contribution >= 4 is 28.5 Å². The highest BCUT2D eigenvalue weighted by molar-refractivity contribution is 5.95. The van der Waals surface area contributed by atoms with Crippen molar-refractivity contribution in [2.24, 2.45) is 7.05 Å². The standard InChI is InChI=1S/C26H25FN4O4/c1-31-21-12-11-17(29-25(32)16-35-23-10-6-5-9-22(23)34-2)15-20(21)30-24(31)13-14-28-26(33)18-7-3-4-8-19(18)27/h3-12,15H,13-14,16H2,1-2H3,(H,28,33)(H,29,32). The fourth-order valence-electron chi connectivity index (χ4n) is 3.66. The fourth-order valence-corrected chi connectivity index (χ4v) is 3.66. The molecule has 0 saturated carbocycles. The molecule has 3 aromatic carbocycles. The van der Waals surface area contributed by atoms with E-state index in [9.17, 15) is 14.0 Å². The summed E-state index contributed by atoms with van der Waals surface area (Å²) in [5.74, 6) is 0.432. The van der Waals surface area contributed by atoms with Crippen molar-refractivity contribution in [2.45, 2.75) is 6.42 Å². The van der Waals surface area contributed by atoms with Crippen LogP contribution in [-0.4, -0.2) is 41.6 Å². The number of aryl methyl sites for hydroxylation is 1. The van der Waals surface area contributed by atoms with Gasteiger partial charge in [0.2, 0.25) is 0 Å². The fraction of sp³-hybridized carbons (Fsp3) is 0.192. The number of methoxy groups -OCH3 is 1. The van der Waals surface area contributed by atoms with Crippen molar-refractivity contribution in [3.8, 4) is 11.5 Å². The Kier molecular flexibility index (Phi) is 7.25. The van der Waals surface area contributed by atoms with Crippen LogP contribution in [0.25, 0.3) is 11.0 Å². The minimum atomic E-state index is -0.560. The summed E-state index contributed by atoms with van der Waals surface area (Å²) in [5.41, 5.74) is 2.17. The van der Waals surface area contributed by atoms with E-state index >= 15 is 0 Å². The third kappa shape index (κ3) is 5.57. The van der Waals surface area contributed by atoms with E-state index in [0.717, 1.165) is 11.3 Å². The number of ether oxygens (including phenoxy) is 2. The summed E-state index contributed by atoms with van der Waals surface area (Å²) in [6.45, 7) is 0.127. The smallest absolute Gasteiger partial charge is 0.262 e. The summed E-state index contributed by atoms with van der Waals surface area (Å²) < 4.78 is 26.5. The third-order valence-corrected chi connectivity index (χ3v) is 5.44. The third-order valence-electron chi connectivity index (χ3n) is 5.44. The zero-order valence-corrected chi connectivity index (χ0v) is 19.4. The maximum Gasteiger partial charge on any atom is 0.262 e. The number of para-hydroxylation sites is 2. The number of rotatable bonds is 9. The second kappa shape index (κ2) is 10.7. The number of benzene rings is 3. The number of nitrogens with one attached hydrogen (secondary N) is 2. The first kappa shape index (κ1) is 23.7. The second-order valence-electron chi connectivity index (χ2n) is 7.76. The molecule has 180 valence electrons. The van der Waals surface area contributed by atoms with Gasteiger partial charge in [-0.25, -0.2) is 9.37 Å². The topological polar surface area (TPSA) is 94.5 Å². The highest BCUT2D eigenvalue weighted by atomic mass is 19.1. The van der Waals surface area contributed by atoms with Gasteiger partial charge >= 0.3 is 0 Å². The van der Waals surface area contributed by atoms with Gasteiger partial charge in [-0.3, -0.25) is 9.59 Å². The Morgan fingerprint density at radius 1 is 1.03 bits per heavy atom. The van der Waals surface area contributed by atoms with Crippen molar-refractivity contribution in [1.82, 2.24) is 14.9 Å². The Balaban J connectivity index is 1.36. The average Bonchev–Trinajstić information content (AvgIpc) is 3.17. The quantitative estimate of drug-likeness (QED) is 0.384. The average molecular weight is 477 g/mol. The summed E-state index contributed by atoms with van der Waals surface area (Å²) in [7, 11) is 3.42. The number of hydrogen-bond acceptors (Lipinski definition) is 5. The van der Waals surface area contributed by atoms with Gasteiger partial charge in [0.1, 0.15) is 11.6 Å². The number of aromatic nitrogens is 2. The molecule has 2 amide bonds. The molecule has 35 heavy (non-hydrogen) atoms. The summed E-state index contributed by atoms with van der Waals surface area (Å²) in [4.78, 5) is 29.2. The molecule has 0 saturated heterocycles. The Labute approximate surface area is 201 Å². The summed E-state index contributed by atoms with van der Waals surface area (Å²) in [6, 6.07) is 18.4. The summed E-state index contributed by atoms with van der Waals surface area (Å²) >= 11 is 0. The number of halogens is 1. The van der Waals surface area contributed by atoms with E-state index in [1.54, 1.807) is 36.4 Å². The van der Waals surface area contributed by atoms with Crippen molar-refractivity contribution in [2.75, 3.05) is 25.6 Å². The van der Waals surface area contributed by atoms with E-state index in [4.69, 9.17) is 9.47 Å². The summed E-state index contributed by atoms with van der Waals surface area (Å²) in [5, 5.41) is 5.53. The second-order valence-corrected chi connectivity index (χ2v) is 7.76. The van der Waals surface area contributed by atoms with Gasteiger partial charge in [0, 0.05) is 25.7 Å². The van der Waals surface area contributed by atoms with Gasteiger partial charge in [0.15, 0.2) is 18.1 Å². The highest BCUT2D eigenvalue weighted by Gasteiger charge is 2.13. The Morgan fingerprint density at radius 3 is 2.54 bits per heavy atom. The molecule has 0 spiro atoms. The van der Waals surface area contributed by atoms with E-state index in [1.165, 1.54) is 25.3 Å². The predicted octanol–water partition coefficient (Wildman–Crippen LogP) is 3.71. The number of hydrogen-bond donors (Lipinski definition) is 2. The molecule has 0 unspecified atom stereocenters. The van der Waals surface area contributed by atoms with E-state index in [2.05, 4.69) is 15.6 Å². The van der Waals surface area contributed by atoms with Crippen LogP contribution in [0.2, 0.25) is 0 Å². The first-order chi connectivity index (χ1) is 17.0. The van der Waals surface area contributed by atoms with Gasteiger partial charge in [-0.15, -0.1) is 0 Å². The molecule has 1 heterocycles. The molecule has 0 radical (unpaired) electrons. The van der Waals surface area contributed by atoms with Crippen LogP contribution in [-0.2, 0) is 18.3 Å². The largest absolute Gasteiger partial charge is 0.493 e. The van der Waals surface area contributed by atoms with Crippen molar-refractivity contribution in [1.29, 1.82) is 0 Å². The molecule has 0 bridgehead atoms. The minimum Gasteiger partial charge on any atom is -0.493 e. The van der Waals surface area contributed by atoms with Crippen LogP contribution in [0.1, 0.15) is 16.2 Å². The molecule has 2 N–H and O–H groups in total. The van der Waals surface area contributed by atoms with Crippen LogP contribution in [0.3, 0.4) is 0 Å². The minimum absolute atomic E-state index is 0.00701. The van der Waals surface area contributed by atoms with Crippen LogP contribution in [0, 0.1) is 5.82 Å². The van der Waals surface area contributed by atoms with Crippen LogP contribution in [0.5, 0.6) is 11.5 Å². The van der Waals surface area contributed by atoms with Crippen molar-refractivity contribution in [3.05, 3.63) is 83.9 Å². The zero-order valence-electron chi connectivity index (χ0n) is 19.4. The molecule has 8 nitrogen and oxygen atoms in total. The Hall–Kier alpha value is -4.40. The number of anilines is 1. The number of carbonyl (C=O) groups excluding carboxylic acids is 2. The van der Waals surface area contributed by atoms with Crippen molar-refractivity contribution in [3.63, 3.8) is 0 Å². The number of fused-ring (bicyclic) bond motifs is 1. The molecule has 0 aliphatic rings. The Morgan fingerprint density at radius 2 is 1.77 bits per heavy atom. The molecule has 0 atom stereocenters. The van der Waals surface area contributed by atoms with Crippen LogP contribution < -0.4 is 20.1 Å². The number of nitrogens with zero attached hydrogens (tertiary/aromatic N) is 2. The first-order valence-electron chi connectivity index (χ1n) is 11.0. The summed E-state index contributed by atoms with van der Waals surface area (Å²) in [6.07, 6.45) is 0.458. The maximum absolute atomic E-state index is 13.8. The van der Waals surface area contributed by atoms with Gasteiger partial charge in [0.25, 0.3) is 11.8 Å². The van der Waals surface area contributed by atoms with Gasteiger partial charge in [-0.2, -0.15) is 0 Å². The highest BCUT2D eigenvalue weighted by Crippen LogP contribution is 2.26. The van der Waals surface area contributed by atoms with Crippen LogP contribution in [0.4, 0.5) is 10.1 Å². The molecule has 0 fully saturated rings. The van der Waals surface area contributed by atoms with Gasteiger partial charge in [-0.1, -0.05) is 24.3 Å². The van der Waals surface area contributed by atoms with E-state index in [-0.39, 0.29) is 18.1 Å².